The van der Waals surface area contributed by atoms with Crippen LogP contribution in [0.2, 0.25) is 0 Å². The van der Waals surface area contributed by atoms with Gasteiger partial charge in [-0.2, -0.15) is 12.6 Å². The molecule has 0 bridgehead atoms. The maximum atomic E-state index is 12.3. The number of unbranched alkanes of at least 4 members (excludes halogenated alkanes) is 1. The van der Waals surface area contributed by atoms with Crippen molar-refractivity contribution in [2.45, 2.75) is 37.9 Å². The van der Waals surface area contributed by atoms with Gasteiger partial charge in [-0.1, -0.05) is 0 Å². The van der Waals surface area contributed by atoms with Gasteiger partial charge in [-0.3, -0.25) is 49.0 Å². The van der Waals surface area contributed by atoms with Gasteiger partial charge in [-0.25, -0.2) is 0 Å². The summed E-state index contributed by atoms with van der Waals surface area (Å²) in [6.45, 7) is 4.33. The number of aldehydes is 1. The molecule has 1 amide bonds. The van der Waals surface area contributed by atoms with Gasteiger partial charge in [0, 0.05) is 78.0 Å². The Hall–Kier alpha value is -2.34. The van der Waals surface area contributed by atoms with Gasteiger partial charge < -0.3 is 25.4 Å². The van der Waals surface area contributed by atoms with E-state index in [1.807, 2.05) is 4.90 Å². The van der Waals surface area contributed by atoms with Crippen molar-refractivity contribution in [3.63, 3.8) is 0 Å². The fraction of sp³-hybridized carbons (Fsp3) is 0.815. The lowest BCUT2D eigenvalue weighted by Crippen LogP contribution is -2.57. The summed E-state index contributed by atoms with van der Waals surface area (Å²) < 4.78 is 0. The van der Waals surface area contributed by atoms with Crippen LogP contribution in [0.3, 0.4) is 0 Å². The van der Waals surface area contributed by atoms with Crippen LogP contribution in [0.5, 0.6) is 0 Å². The first-order valence-corrected chi connectivity index (χ1v) is 15.6. The molecule has 1 unspecified atom stereocenters. The second-order valence-corrected chi connectivity index (χ2v) is 11.6. The molecule has 2 saturated heterocycles. The molecule has 15 nitrogen and oxygen atoms in total. The standard InChI is InChI=1S/C27H49N7O8S/c35-21-23(29-22-3-6-30(7-4-22)17-24(36)28-5-1-2-16-43)34-14-12-32(19-26(39)40)10-8-31(18-25(37)38)9-11-33(13-15-34)20-27(41)42/h21-23,29,43H,1-20H2,(H,28,36)(H,37,38)(H,39,40)(H,41,42). The molecule has 0 spiro atoms. The Morgan fingerprint density at radius 3 is 1.56 bits per heavy atom. The summed E-state index contributed by atoms with van der Waals surface area (Å²) in [6, 6.07) is 0.0427. The van der Waals surface area contributed by atoms with Crippen molar-refractivity contribution in [3.8, 4) is 0 Å². The summed E-state index contributed by atoms with van der Waals surface area (Å²) in [4.78, 5) is 68.1. The normalized spacial score (nSPS) is 20.5. The van der Waals surface area contributed by atoms with Crippen LogP contribution in [-0.4, -0.2) is 186 Å². The number of carboxylic acids is 3. The molecular weight excluding hydrogens is 582 g/mol. The van der Waals surface area contributed by atoms with Gasteiger partial charge in [-0.15, -0.1) is 0 Å². The molecule has 2 heterocycles. The number of nitrogens with zero attached hydrogens (tertiary/aromatic N) is 5. The Morgan fingerprint density at radius 1 is 0.698 bits per heavy atom. The van der Waals surface area contributed by atoms with Gasteiger partial charge in [-0.05, 0) is 31.4 Å². The highest BCUT2D eigenvalue weighted by Gasteiger charge is 2.27. The van der Waals surface area contributed by atoms with E-state index in [1.54, 1.807) is 14.7 Å². The molecule has 2 aliphatic heterocycles. The van der Waals surface area contributed by atoms with Crippen LogP contribution in [0, 0.1) is 0 Å². The fourth-order valence-electron chi connectivity index (χ4n) is 5.33. The van der Waals surface area contributed by atoms with Crippen molar-refractivity contribution >= 4 is 42.7 Å². The van der Waals surface area contributed by atoms with E-state index in [1.165, 1.54) is 0 Å². The van der Waals surface area contributed by atoms with Gasteiger partial charge in [0.05, 0.1) is 26.2 Å². The molecule has 5 N–H and O–H groups in total. The average molecular weight is 632 g/mol. The van der Waals surface area contributed by atoms with Crippen molar-refractivity contribution in [3.05, 3.63) is 0 Å². The number of aliphatic carboxylic acids is 3. The first kappa shape index (κ1) is 36.8. The van der Waals surface area contributed by atoms with E-state index in [9.17, 15) is 39.3 Å². The van der Waals surface area contributed by atoms with Crippen LogP contribution in [0.1, 0.15) is 25.7 Å². The number of rotatable bonds is 16. The number of thiol groups is 1. The molecule has 2 aliphatic rings. The SMILES string of the molecule is O=CC(NC1CCN(CC(=O)NCCCCS)CC1)N1CCN(CC(=O)O)CCN(CC(=O)O)CCN(CC(=O)O)CC1. The number of hydrogen-bond acceptors (Lipinski definition) is 12. The maximum absolute atomic E-state index is 12.3. The molecular formula is C27H49N7O8S. The van der Waals surface area contributed by atoms with Gasteiger partial charge in [0.25, 0.3) is 0 Å². The van der Waals surface area contributed by atoms with Crippen molar-refractivity contribution in [1.29, 1.82) is 0 Å². The molecule has 0 aromatic carbocycles. The smallest absolute Gasteiger partial charge is 0.317 e. The second kappa shape index (κ2) is 20.6. The first-order chi connectivity index (χ1) is 20.6. The quantitative estimate of drug-likeness (QED) is 0.0616. The van der Waals surface area contributed by atoms with Crippen molar-refractivity contribution in [1.82, 2.24) is 35.1 Å². The summed E-state index contributed by atoms with van der Waals surface area (Å²) in [7, 11) is 0. The van der Waals surface area contributed by atoms with E-state index >= 15 is 0 Å². The monoisotopic (exact) mass is 631 g/mol. The summed E-state index contributed by atoms with van der Waals surface area (Å²) in [6.07, 6.45) is 3.53. The Kier molecular flexibility index (Phi) is 17.6. The lowest BCUT2D eigenvalue weighted by molar-refractivity contribution is -0.140. The highest BCUT2D eigenvalue weighted by molar-refractivity contribution is 7.80. The maximum Gasteiger partial charge on any atom is 0.317 e. The predicted octanol–water partition coefficient (Wildman–Crippen LogP) is -2.13. The van der Waals surface area contributed by atoms with Crippen molar-refractivity contribution in [2.24, 2.45) is 0 Å². The van der Waals surface area contributed by atoms with E-state index in [0.717, 1.165) is 37.7 Å². The Bertz CT molecular complexity index is 861. The summed E-state index contributed by atoms with van der Waals surface area (Å²) in [5.41, 5.74) is 0. The number of amides is 1. The Morgan fingerprint density at radius 2 is 1.14 bits per heavy atom. The van der Waals surface area contributed by atoms with Gasteiger partial charge in [0.2, 0.25) is 5.91 Å². The van der Waals surface area contributed by atoms with Crippen LogP contribution in [0.4, 0.5) is 0 Å². The van der Waals surface area contributed by atoms with E-state index in [4.69, 9.17) is 0 Å². The molecule has 0 saturated carbocycles. The summed E-state index contributed by atoms with van der Waals surface area (Å²) in [5, 5.41) is 34.5. The zero-order valence-corrected chi connectivity index (χ0v) is 25.8. The fourth-order valence-corrected chi connectivity index (χ4v) is 5.56. The molecule has 0 radical (unpaired) electrons. The van der Waals surface area contributed by atoms with Gasteiger partial charge in [0.15, 0.2) is 6.29 Å². The number of carbonyl (C=O) groups excluding carboxylic acids is 2. The van der Waals surface area contributed by atoms with Crippen LogP contribution in [0.25, 0.3) is 0 Å². The largest absolute Gasteiger partial charge is 0.480 e. The second-order valence-electron chi connectivity index (χ2n) is 11.1. The highest BCUT2D eigenvalue weighted by Crippen LogP contribution is 2.12. The highest BCUT2D eigenvalue weighted by atomic mass is 32.1. The van der Waals surface area contributed by atoms with Crippen LogP contribution in [-0.2, 0) is 24.0 Å². The predicted molar refractivity (Wildman–Crippen MR) is 162 cm³/mol. The average Bonchev–Trinajstić information content (AvgIpc) is 2.94. The molecule has 1 atom stereocenters. The molecule has 0 aromatic rings. The lowest BCUT2D eigenvalue weighted by Gasteiger charge is -2.38. The van der Waals surface area contributed by atoms with Gasteiger partial charge >= 0.3 is 17.9 Å². The number of likely N-dealkylation sites (tertiary alicyclic amines) is 1. The van der Waals surface area contributed by atoms with Gasteiger partial charge in [0.1, 0.15) is 6.17 Å². The number of piperidine rings is 1. The molecule has 43 heavy (non-hydrogen) atoms. The Balaban J connectivity index is 2.02. The van der Waals surface area contributed by atoms with E-state index in [-0.39, 0.29) is 31.6 Å². The molecule has 0 aromatic heterocycles. The number of hydrogen-bond donors (Lipinski definition) is 6. The van der Waals surface area contributed by atoms with E-state index < -0.39 is 24.1 Å². The van der Waals surface area contributed by atoms with E-state index in [0.29, 0.717) is 78.5 Å². The number of carbonyl (C=O) groups is 5. The van der Waals surface area contributed by atoms with Crippen LogP contribution >= 0.6 is 12.6 Å². The molecule has 0 aliphatic carbocycles. The third kappa shape index (κ3) is 15.8. The minimum atomic E-state index is -1.01. The third-order valence-corrected chi connectivity index (χ3v) is 8.06. The zero-order valence-electron chi connectivity index (χ0n) is 24.9. The van der Waals surface area contributed by atoms with E-state index in [2.05, 4.69) is 28.2 Å². The zero-order chi connectivity index (χ0) is 31.6. The van der Waals surface area contributed by atoms with Crippen LogP contribution in [0.15, 0.2) is 0 Å². The summed E-state index contributed by atoms with van der Waals surface area (Å²) in [5.74, 6) is -2.22. The minimum absolute atomic E-state index is 0.00131. The third-order valence-electron chi connectivity index (χ3n) is 7.74. The van der Waals surface area contributed by atoms with Crippen molar-refractivity contribution in [2.75, 3.05) is 104 Å². The molecule has 16 heteroatoms. The molecule has 2 fully saturated rings. The van der Waals surface area contributed by atoms with Crippen molar-refractivity contribution < 1.29 is 39.3 Å². The minimum Gasteiger partial charge on any atom is -0.480 e. The summed E-state index contributed by atoms with van der Waals surface area (Å²) >= 11 is 4.18. The molecule has 2 rings (SSSR count). The first-order valence-electron chi connectivity index (χ1n) is 15.0. The number of carboxylic acid groups (broad SMARTS) is 3. The molecule has 246 valence electrons. The number of nitrogens with one attached hydrogen (secondary N) is 2. The Labute approximate surface area is 258 Å². The topological polar surface area (TPSA) is 186 Å². The lowest BCUT2D eigenvalue weighted by atomic mass is 10.0. The van der Waals surface area contributed by atoms with Crippen LogP contribution < -0.4 is 10.6 Å².